The number of aryl methyl sites for hydroxylation is 2. The molecule has 23 heavy (non-hydrogen) atoms. The van der Waals surface area contributed by atoms with Crippen molar-refractivity contribution in [2.45, 2.75) is 39.8 Å². The number of pyridine rings is 1. The van der Waals surface area contributed by atoms with E-state index >= 15 is 0 Å². The van der Waals surface area contributed by atoms with Gasteiger partial charge in [0, 0.05) is 12.7 Å². The lowest BCUT2D eigenvalue weighted by atomic mass is 10.2. The molecule has 0 spiro atoms. The fourth-order valence-electron chi connectivity index (χ4n) is 2.58. The molecule has 3 aromatic heterocycles. The second kappa shape index (κ2) is 6.20. The Morgan fingerprint density at radius 2 is 2.17 bits per heavy atom. The summed E-state index contributed by atoms with van der Waals surface area (Å²) < 4.78 is 3.50. The summed E-state index contributed by atoms with van der Waals surface area (Å²) in [7, 11) is 0. The number of nitrogens with zero attached hydrogens (tertiary/aromatic N) is 5. The highest BCUT2D eigenvalue weighted by Gasteiger charge is 2.20. The van der Waals surface area contributed by atoms with Crippen LogP contribution in [0.15, 0.2) is 30.7 Å². The van der Waals surface area contributed by atoms with E-state index in [-0.39, 0.29) is 11.9 Å². The average molecular weight is 312 g/mol. The van der Waals surface area contributed by atoms with Crippen molar-refractivity contribution in [3.63, 3.8) is 0 Å². The van der Waals surface area contributed by atoms with Crippen LogP contribution in [0.4, 0.5) is 0 Å². The molecule has 3 rings (SSSR count). The Morgan fingerprint density at radius 3 is 2.91 bits per heavy atom. The van der Waals surface area contributed by atoms with Crippen LogP contribution in [-0.2, 0) is 6.54 Å². The van der Waals surface area contributed by atoms with E-state index in [1.807, 2.05) is 39.1 Å². The predicted molar refractivity (Wildman–Crippen MR) is 86.1 cm³/mol. The van der Waals surface area contributed by atoms with Crippen LogP contribution < -0.4 is 5.32 Å². The van der Waals surface area contributed by atoms with Crippen LogP contribution in [0.2, 0.25) is 0 Å². The molecule has 0 bridgehead atoms. The van der Waals surface area contributed by atoms with Gasteiger partial charge in [-0.25, -0.2) is 14.2 Å². The van der Waals surface area contributed by atoms with E-state index in [4.69, 9.17) is 0 Å². The minimum absolute atomic E-state index is 0.184. The lowest BCUT2D eigenvalue weighted by molar-refractivity contribution is 0.0927. The highest BCUT2D eigenvalue weighted by Crippen LogP contribution is 2.15. The summed E-state index contributed by atoms with van der Waals surface area (Å²) in [6.07, 6.45) is 4.10. The van der Waals surface area contributed by atoms with E-state index in [0.717, 1.165) is 29.9 Å². The number of fused-ring (bicyclic) bond motifs is 1. The first kappa shape index (κ1) is 15.2. The van der Waals surface area contributed by atoms with Crippen LogP contribution in [0.3, 0.4) is 0 Å². The molecule has 7 heteroatoms. The van der Waals surface area contributed by atoms with Crippen LogP contribution in [0.1, 0.15) is 48.2 Å². The lowest BCUT2D eigenvalue weighted by Gasteiger charge is -2.16. The second-order valence-electron chi connectivity index (χ2n) is 5.47. The fraction of sp³-hybridized carbons (Fsp3) is 0.375. The molecule has 120 valence electrons. The molecule has 0 aromatic carbocycles. The maximum atomic E-state index is 12.5. The van der Waals surface area contributed by atoms with Gasteiger partial charge in [0.05, 0.1) is 11.6 Å². The molecular formula is C16H20N6O. The zero-order chi connectivity index (χ0) is 16.4. The number of carbonyl (C=O) groups is 1. The molecule has 0 unspecified atom stereocenters. The number of hydrogen-bond donors (Lipinski definition) is 1. The first-order valence-corrected chi connectivity index (χ1v) is 7.77. The van der Waals surface area contributed by atoms with Gasteiger partial charge in [-0.2, -0.15) is 10.2 Å². The Hall–Kier alpha value is -2.70. The maximum absolute atomic E-state index is 12.5. The quantitative estimate of drug-likeness (QED) is 0.783. The smallest absolute Gasteiger partial charge is 0.272 e. The number of nitrogens with one attached hydrogen (secondary N) is 1. The number of rotatable bonds is 5. The van der Waals surface area contributed by atoms with Gasteiger partial charge in [0.15, 0.2) is 5.69 Å². The summed E-state index contributed by atoms with van der Waals surface area (Å²) in [5.74, 6) is 0.562. The van der Waals surface area contributed by atoms with Crippen molar-refractivity contribution in [1.29, 1.82) is 0 Å². The molecule has 1 N–H and O–H groups in total. The first-order valence-electron chi connectivity index (χ1n) is 7.77. The third-order valence-corrected chi connectivity index (χ3v) is 3.82. The predicted octanol–water partition coefficient (Wildman–Crippen LogP) is 2.14. The average Bonchev–Trinajstić information content (AvgIpc) is 3.18. The largest absolute Gasteiger partial charge is 0.341 e. The fourth-order valence-corrected chi connectivity index (χ4v) is 2.58. The Balaban J connectivity index is 1.83. The Morgan fingerprint density at radius 1 is 1.35 bits per heavy atom. The SMILES string of the molecule is CC[C@H](NC(=O)c1cc2cc(C)ccn2n1)c1ncnn1CC. The van der Waals surface area contributed by atoms with Crippen LogP contribution in [-0.4, -0.2) is 30.3 Å². The van der Waals surface area contributed by atoms with Crippen molar-refractivity contribution in [2.75, 3.05) is 0 Å². The highest BCUT2D eigenvalue weighted by atomic mass is 16.2. The standard InChI is InChI=1S/C16H20N6O/c1-4-13(15-17-10-18-21(15)5-2)19-16(23)14-9-12-8-11(3)6-7-22(12)20-14/h6-10,13H,4-5H2,1-3H3,(H,19,23)/t13-/m0/s1. The molecule has 0 aliphatic carbocycles. The molecule has 0 aliphatic heterocycles. The van der Waals surface area contributed by atoms with Gasteiger partial charge in [-0.15, -0.1) is 0 Å². The molecule has 0 fully saturated rings. The van der Waals surface area contributed by atoms with E-state index in [1.54, 1.807) is 15.3 Å². The summed E-state index contributed by atoms with van der Waals surface area (Å²) in [5, 5.41) is 11.5. The summed E-state index contributed by atoms with van der Waals surface area (Å²) in [4.78, 5) is 16.8. The van der Waals surface area contributed by atoms with Gasteiger partial charge in [-0.1, -0.05) is 6.92 Å². The topological polar surface area (TPSA) is 77.1 Å². The summed E-state index contributed by atoms with van der Waals surface area (Å²) >= 11 is 0. The molecule has 1 atom stereocenters. The van der Waals surface area contributed by atoms with Crippen molar-refractivity contribution >= 4 is 11.4 Å². The van der Waals surface area contributed by atoms with E-state index < -0.39 is 0 Å². The molecule has 3 heterocycles. The van der Waals surface area contributed by atoms with Crippen LogP contribution >= 0.6 is 0 Å². The second-order valence-corrected chi connectivity index (χ2v) is 5.47. The number of carbonyl (C=O) groups excluding carboxylic acids is 1. The van der Waals surface area contributed by atoms with E-state index in [1.165, 1.54) is 6.33 Å². The Bertz CT molecular complexity index is 834. The molecule has 0 saturated heterocycles. The van der Waals surface area contributed by atoms with Gasteiger partial charge in [-0.05, 0) is 44.0 Å². The summed E-state index contributed by atoms with van der Waals surface area (Å²) in [5.41, 5.74) is 2.43. The molecule has 1 amide bonds. The minimum atomic E-state index is -0.205. The normalized spacial score (nSPS) is 12.5. The minimum Gasteiger partial charge on any atom is -0.341 e. The Kier molecular flexibility index (Phi) is 4.10. The molecule has 3 aromatic rings. The van der Waals surface area contributed by atoms with Gasteiger partial charge in [0.2, 0.25) is 0 Å². The van der Waals surface area contributed by atoms with E-state index in [9.17, 15) is 4.79 Å². The lowest BCUT2D eigenvalue weighted by Crippen LogP contribution is -2.30. The summed E-state index contributed by atoms with van der Waals surface area (Å²) in [6.45, 7) is 6.73. The van der Waals surface area contributed by atoms with Crippen molar-refractivity contribution in [1.82, 2.24) is 29.7 Å². The van der Waals surface area contributed by atoms with E-state index in [0.29, 0.717) is 5.69 Å². The third-order valence-electron chi connectivity index (χ3n) is 3.82. The van der Waals surface area contributed by atoms with Crippen molar-refractivity contribution in [3.05, 3.63) is 47.8 Å². The number of amides is 1. The van der Waals surface area contributed by atoms with Gasteiger partial charge < -0.3 is 5.32 Å². The third kappa shape index (κ3) is 2.94. The van der Waals surface area contributed by atoms with Crippen LogP contribution in [0.25, 0.3) is 5.52 Å². The zero-order valence-electron chi connectivity index (χ0n) is 13.5. The molecule has 0 saturated carbocycles. The summed E-state index contributed by atoms with van der Waals surface area (Å²) in [6, 6.07) is 5.56. The van der Waals surface area contributed by atoms with Crippen LogP contribution in [0, 0.1) is 6.92 Å². The molecular weight excluding hydrogens is 292 g/mol. The van der Waals surface area contributed by atoms with Crippen molar-refractivity contribution in [3.8, 4) is 0 Å². The van der Waals surface area contributed by atoms with Gasteiger partial charge in [0.1, 0.15) is 12.2 Å². The van der Waals surface area contributed by atoms with E-state index in [2.05, 4.69) is 20.5 Å². The monoisotopic (exact) mass is 312 g/mol. The van der Waals surface area contributed by atoms with Crippen molar-refractivity contribution in [2.24, 2.45) is 0 Å². The molecule has 0 aliphatic rings. The Labute approximate surface area is 134 Å². The maximum Gasteiger partial charge on any atom is 0.272 e. The molecule has 0 radical (unpaired) electrons. The first-order chi connectivity index (χ1) is 11.1. The number of aromatic nitrogens is 5. The van der Waals surface area contributed by atoms with Gasteiger partial charge in [0.25, 0.3) is 5.91 Å². The number of hydrogen-bond acceptors (Lipinski definition) is 4. The van der Waals surface area contributed by atoms with Gasteiger partial charge in [-0.3, -0.25) is 4.79 Å². The van der Waals surface area contributed by atoms with Crippen molar-refractivity contribution < 1.29 is 4.79 Å². The zero-order valence-corrected chi connectivity index (χ0v) is 13.5. The molecule has 7 nitrogen and oxygen atoms in total. The van der Waals surface area contributed by atoms with Gasteiger partial charge >= 0.3 is 0 Å². The highest BCUT2D eigenvalue weighted by molar-refractivity contribution is 5.93. The van der Waals surface area contributed by atoms with Crippen LogP contribution in [0.5, 0.6) is 0 Å².